The Morgan fingerprint density at radius 3 is 2.34 bits per heavy atom. The van der Waals surface area contributed by atoms with Crippen molar-refractivity contribution in [3.05, 3.63) is 89.8 Å². The molecule has 0 N–H and O–H groups in total. The zero-order chi connectivity index (χ0) is 24.4. The first-order valence-corrected chi connectivity index (χ1v) is 11.7. The van der Waals surface area contributed by atoms with E-state index in [-0.39, 0.29) is 0 Å². The summed E-state index contributed by atoms with van der Waals surface area (Å²) in [6, 6.07) is 16.2. The zero-order valence-corrected chi connectivity index (χ0v) is 20.0. The quantitative estimate of drug-likeness (QED) is 0.361. The molecule has 0 saturated carbocycles. The normalized spacial score (nSPS) is 14.5. The Balaban J connectivity index is 1.29. The highest BCUT2D eigenvalue weighted by Gasteiger charge is 2.20. The first kappa shape index (κ1) is 23.2. The van der Waals surface area contributed by atoms with Gasteiger partial charge < -0.3 is 18.9 Å². The fourth-order valence-corrected chi connectivity index (χ4v) is 4.80. The molecule has 4 aromatic rings. The Morgan fingerprint density at radius 1 is 0.800 bits per heavy atom. The highest BCUT2D eigenvalue weighted by molar-refractivity contribution is 5.94. The minimum atomic E-state index is -0.540. The van der Waals surface area contributed by atoms with E-state index in [4.69, 9.17) is 9.47 Å². The van der Waals surface area contributed by atoms with Gasteiger partial charge in [-0.1, -0.05) is 24.3 Å². The van der Waals surface area contributed by atoms with E-state index in [2.05, 4.69) is 51.0 Å². The number of benzene rings is 3. The first-order valence-electron chi connectivity index (χ1n) is 11.7. The van der Waals surface area contributed by atoms with E-state index in [1.54, 1.807) is 20.3 Å². The summed E-state index contributed by atoms with van der Waals surface area (Å²) < 4.78 is 40.3. The summed E-state index contributed by atoms with van der Waals surface area (Å²) in [6.45, 7) is 4.56. The van der Waals surface area contributed by atoms with Gasteiger partial charge in [-0.15, -0.1) is 0 Å². The van der Waals surface area contributed by atoms with Crippen LogP contribution in [0.4, 0.5) is 14.5 Å². The summed E-state index contributed by atoms with van der Waals surface area (Å²) >= 11 is 0. The van der Waals surface area contributed by atoms with Gasteiger partial charge in [0.1, 0.15) is 11.6 Å². The Hall–Kier alpha value is -3.58. The van der Waals surface area contributed by atoms with E-state index >= 15 is 0 Å². The van der Waals surface area contributed by atoms with Crippen LogP contribution in [0.5, 0.6) is 11.5 Å². The third-order valence-electron chi connectivity index (χ3n) is 6.65. The smallest absolute Gasteiger partial charge is 0.161 e. The van der Waals surface area contributed by atoms with Crippen LogP contribution in [0, 0.1) is 11.6 Å². The lowest BCUT2D eigenvalue weighted by Gasteiger charge is -2.36. The van der Waals surface area contributed by atoms with E-state index in [0.717, 1.165) is 55.9 Å². The van der Waals surface area contributed by atoms with Crippen LogP contribution in [0.15, 0.2) is 67.0 Å². The fraction of sp³-hybridized carbons (Fsp3) is 0.286. The van der Waals surface area contributed by atoms with E-state index in [1.165, 1.54) is 22.5 Å². The number of anilines is 1. The summed E-state index contributed by atoms with van der Waals surface area (Å²) in [5.74, 6) is 0.425. The molecule has 0 amide bonds. The number of hydrogen-bond acceptors (Lipinski definition) is 4. The van der Waals surface area contributed by atoms with Crippen molar-refractivity contribution in [3.63, 3.8) is 0 Å². The summed E-state index contributed by atoms with van der Waals surface area (Å²) in [7, 11) is 3.28. The maximum absolute atomic E-state index is 14.1. The van der Waals surface area contributed by atoms with Crippen LogP contribution in [-0.4, -0.2) is 49.9 Å². The van der Waals surface area contributed by atoms with Crippen LogP contribution in [-0.2, 0) is 13.1 Å². The van der Waals surface area contributed by atoms with E-state index in [9.17, 15) is 8.78 Å². The van der Waals surface area contributed by atoms with Crippen molar-refractivity contribution in [3.8, 4) is 11.5 Å². The minimum absolute atomic E-state index is 0.479. The highest BCUT2D eigenvalue weighted by atomic mass is 19.1. The average molecular weight is 478 g/mol. The summed E-state index contributed by atoms with van der Waals surface area (Å²) in [5.41, 5.74) is 2.88. The van der Waals surface area contributed by atoms with Crippen molar-refractivity contribution < 1.29 is 18.3 Å². The van der Waals surface area contributed by atoms with Gasteiger partial charge in [0.05, 0.1) is 14.2 Å². The second-order valence-corrected chi connectivity index (χ2v) is 8.90. The summed E-state index contributed by atoms with van der Waals surface area (Å²) in [4.78, 5) is 4.61. The van der Waals surface area contributed by atoms with Crippen LogP contribution in [0.1, 0.15) is 11.1 Å². The van der Waals surface area contributed by atoms with Gasteiger partial charge in [0.15, 0.2) is 11.5 Å². The molecular formula is C28H29F2N3O2. The van der Waals surface area contributed by atoms with E-state index in [0.29, 0.717) is 12.1 Å². The molecule has 0 bridgehead atoms. The molecule has 2 heterocycles. The predicted octanol–water partition coefficient (Wildman–Crippen LogP) is 5.31. The minimum Gasteiger partial charge on any atom is -0.493 e. The summed E-state index contributed by atoms with van der Waals surface area (Å²) in [5, 5.41) is 2.41. The molecule has 5 rings (SSSR count). The standard InChI is InChI=1S/C28H29F2N3O2/c1-34-27-9-6-20(14-28(27)35-2)16-32-17-21-4-3-5-26(24(21)19-32)33-12-10-31(11-13-33)18-22-7-8-23(29)15-25(22)30/h3-9,14-15,17,19H,10-13,16,18H2,1-2H3. The maximum Gasteiger partial charge on any atom is 0.161 e. The largest absolute Gasteiger partial charge is 0.493 e. The molecule has 35 heavy (non-hydrogen) atoms. The molecule has 1 aliphatic rings. The molecule has 0 aliphatic carbocycles. The SMILES string of the molecule is COc1ccc(Cn2cc3cccc(N4CCN(Cc5ccc(F)cc5F)CC4)c3c2)cc1OC. The molecular weight excluding hydrogens is 448 g/mol. The number of ether oxygens (including phenoxy) is 2. The lowest BCUT2D eigenvalue weighted by atomic mass is 10.1. The molecule has 1 aliphatic heterocycles. The molecule has 3 aromatic carbocycles. The molecule has 0 atom stereocenters. The van der Waals surface area contributed by atoms with Gasteiger partial charge in [-0.3, -0.25) is 4.90 Å². The van der Waals surface area contributed by atoms with Crippen LogP contribution in [0.2, 0.25) is 0 Å². The van der Waals surface area contributed by atoms with Crippen LogP contribution < -0.4 is 14.4 Å². The summed E-state index contributed by atoms with van der Waals surface area (Å²) in [6.07, 6.45) is 4.37. The molecule has 1 aromatic heterocycles. The van der Waals surface area contributed by atoms with Crippen molar-refractivity contribution in [1.82, 2.24) is 9.47 Å². The first-order chi connectivity index (χ1) is 17.0. The van der Waals surface area contributed by atoms with E-state index in [1.807, 2.05) is 12.1 Å². The molecule has 7 heteroatoms. The van der Waals surface area contributed by atoms with Gasteiger partial charge in [0, 0.05) is 79.8 Å². The van der Waals surface area contributed by atoms with Gasteiger partial charge >= 0.3 is 0 Å². The highest BCUT2D eigenvalue weighted by Crippen LogP contribution is 2.31. The Labute approximate surface area is 204 Å². The van der Waals surface area contributed by atoms with Crippen molar-refractivity contribution in [1.29, 1.82) is 0 Å². The van der Waals surface area contributed by atoms with Gasteiger partial charge in [0.25, 0.3) is 0 Å². The maximum atomic E-state index is 14.1. The van der Waals surface area contributed by atoms with Crippen molar-refractivity contribution >= 4 is 16.5 Å². The Morgan fingerprint density at radius 2 is 1.60 bits per heavy atom. The third kappa shape index (κ3) is 4.95. The van der Waals surface area contributed by atoms with Crippen molar-refractivity contribution in [2.45, 2.75) is 13.1 Å². The topological polar surface area (TPSA) is 29.9 Å². The predicted molar refractivity (Wildman–Crippen MR) is 134 cm³/mol. The fourth-order valence-electron chi connectivity index (χ4n) is 4.80. The third-order valence-corrected chi connectivity index (χ3v) is 6.65. The van der Waals surface area contributed by atoms with Crippen LogP contribution in [0.3, 0.4) is 0 Å². The zero-order valence-electron chi connectivity index (χ0n) is 20.0. The lowest BCUT2D eigenvalue weighted by molar-refractivity contribution is 0.246. The van der Waals surface area contributed by atoms with Gasteiger partial charge in [-0.25, -0.2) is 8.78 Å². The van der Waals surface area contributed by atoms with Crippen LogP contribution >= 0.6 is 0 Å². The van der Waals surface area contributed by atoms with Crippen molar-refractivity contribution in [2.75, 3.05) is 45.3 Å². The second kappa shape index (κ2) is 9.96. The Kier molecular flexibility index (Phi) is 6.59. The molecule has 1 fully saturated rings. The molecule has 0 radical (unpaired) electrons. The number of halogens is 2. The number of aromatic nitrogens is 1. The molecule has 0 unspecified atom stereocenters. The van der Waals surface area contributed by atoms with Gasteiger partial charge in [-0.05, 0) is 29.8 Å². The van der Waals surface area contributed by atoms with E-state index < -0.39 is 11.6 Å². The lowest BCUT2D eigenvalue weighted by Crippen LogP contribution is -2.46. The van der Waals surface area contributed by atoms with Gasteiger partial charge in [0.2, 0.25) is 0 Å². The van der Waals surface area contributed by atoms with Crippen molar-refractivity contribution in [2.24, 2.45) is 0 Å². The number of rotatable bonds is 7. The number of fused-ring (bicyclic) bond motifs is 1. The van der Waals surface area contributed by atoms with Gasteiger partial charge in [-0.2, -0.15) is 0 Å². The second-order valence-electron chi connectivity index (χ2n) is 8.90. The number of piperazine rings is 1. The number of nitrogens with zero attached hydrogens (tertiary/aromatic N) is 3. The molecule has 1 saturated heterocycles. The van der Waals surface area contributed by atoms with Crippen LogP contribution in [0.25, 0.3) is 10.8 Å². The molecule has 5 nitrogen and oxygen atoms in total. The monoisotopic (exact) mass is 477 g/mol. The molecule has 182 valence electrons. The number of methoxy groups -OCH3 is 2. The average Bonchev–Trinajstić information content (AvgIpc) is 3.28. The Bertz CT molecular complexity index is 1330. The molecule has 0 spiro atoms. The number of hydrogen-bond donors (Lipinski definition) is 0.